The van der Waals surface area contributed by atoms with Gasteiger partial charge in [-0.05, 0) is 42.7 Å². The van der Waals surface area contributed by atoms with Crippen molar-refractivity contribution in [3.05, 3.63) is 54.1 Å². The summed E-state index contributed by atoms with van der Waals surface area (Å²) >= 11 is 1.48. The van der Waals surface area contributed by atoms with Crippen LogP contribution < -0.4 is 14.8 Å². The lowest BCUT2D eigenvalue weighted by atomic mass is 10.1. The molecule has 0 radical (unpaired) electrons. The van der Waals surface area contributed by atoms with Crippen LogP contribution in [0.1, 0.15) is 16.8 Å². The van der Waals surface area contributed by atoms with Gasteiger partial charge < -0.3 is 25.0 Å². The second-order valence-electron chi connectivity index (χ2n) is 6.23. The third kappa shape index (κ3) is 7.32. The average Bonchev–Trinajstić information content (AvgIpc) is 2.74. The average molecular weight is 433 g/mol. The fraction of sp³-hybridized carbons (Fsp3) is 0.286. The van der Waals surface area contributed by atoms with Crippen LogP contribution in [0.3, 0.4) is 0 Å². The number of phenols is 1. The number of thioether (sulfide) groups is 1. The fourth-order valence-corrected chi connectivity index (χ4v) is 2.93. The second kappa shape index (κ2) is 11.7. The summed E-state index contributed by atoms with van der Waals surface area (Å²) in [4.78, 5) is 35.3. The second-order valence-corrected chi connectivity index (χ2v) is 7.22. The number of para-hydroxylation sites is 1. The number of aliphatic carboxylic acids is 1. The van der Waals surface area contributed by atoms with Gasteiger partial charge in [0.05, 0.1) is 5.56 Å². The van der Waals surface area contributed by atoms with Gasteiger partial charge in [-0.15, -0.1) is 0 Å². The van der Waals surface area contributed by atoms with Gasteiger partial charge in [-0.25, -0.2) is 4.79 Å². The Kier molecular flexibility index (Phi) is 9.02. The van der Waals surface area contributed by atoms with Crippen molar-refractivity contribution < 1.29 is 34.1 Å². The Balaban J connectivity index is 1.87. The smallest absolute Gasteiger partial charge is 0.326 e. The molecule has 0 saturated carbocycles. The highest BCUT2D eigenvalue weighted by molar-refractivity contribution is 7.98. The van der Waals surface area contributed by atoms with E-state index in [0.717, 1.165) is 0 Å². The number of hydrogen-bond donors (Lipinski definition) is 3. The minimum Gasteiger partial charge on any atom is -0.507 e. The standard InChI is InChI=1S/C21H23NO7S/c1-30-10-9-17(21(26)27)22-20(25)13-29-15-7-8-16(18(23)11-15)19(24)12-28-14-5-3-2-4-6-14/h2-8,11,17,23H,9-10,12-13H2,1H3,(H,22,25)(H,26,27)/t17-/m1/s1. The topological polar surface area (TPSA) is 122 Å². The van der Waals surface area contributed by atoms with Crippen LogP contribution in [0.4, 0.5) is 0 Å². The van der Waals surface area contributed by atoms with E-state index in [1.807, 2.05) is 12.3 Å². The number of rotatable bonds is 12. The van der Waals surface area contributed by atoms with E-state index in [2.05, 4.69) is 5.32 Å². The minimum absolute atomic E-state index is 0.0609. The minimum atomic E-state index is -1.12. The lowest BCUT2D eigenvalue weighted by molar-refractivity contribution is -0.142. The molecule has 1 amide bonds. The van der Waals surface area contributed by atoms with Crippen LogP contribution in [-0.4, -0.2) is 59.1 Å². The molecule has 2 aromatic carbocycles. The number of phenolic OH excluding ortho intramolecular Hbond substituents is 1. The molecule has 30 heavy (non-hydrogen) atoms. The lowest BCUT2D eigenvalue weighted by Crippen LogP contribution is -2.43. The monoisotopic (exact) mass is 433 g/mol. The highest BCUT2D eigenvalue weighted by Crippen LogP contribution is 2.24. The van der Waals surface area contributed by atoms with Crippen LogP contribution in [0, 0.1) is 0 Å². The van der Waals surface area contributed by atoms with Crippen molar-refractivity contribution in [2.75, 3.05) is 25.2 Å². The number of nitrogens with one attached hydrogen (secondary N) is 1. The van der Waals surface area contributed by atoms with Crippen molar-refractivity contribution >= 4 is 29.4 Å². The van der Waals surface area contributed by atoms with E-state index in [9.17, 15) is 19.5 Å². The van der Waals surface area contributed by atoms with Crippen molar-refractivity contribution in [2.24, 2.45) is 0 Å². The van der Waals surface area contributed by atoms with Crippen LogP contribution in [0.15, 0.2) is 48.5 Å². The van der Waals surface area contributed by atoms with Gasteiger partial charge in [0.1, 0.15) is 23.3 Å². The Labute approximate surface area is 178 Å². The van der Waals surface area contributed by atoms with Gasteiger partial charge in [0.25, 0.3) is 5.91 Å². The first kappa shape index (κ1) is 23.1. The number of ketones is 1. The first-order valence-electron chi connectivity index (χ1n) is 9.08. The molecule has 0 fully saturated rings. The first-order chi connectivity index (χ1) is 14.4. The Morgan fingerprint density at radius 2 is 1.73 bits per heavy atom. The summed E-state index contributed by atoms with van der Waals surface area (Å²) in [5, 5.41) is 21.6. The van der Waals surface area contributed by atoms with E-state index in [0.29, 0.717) is 17.9 Å². The quantitative estimate of drug-likeness (QED) is 0.436. The number of hydrogen-bond acceptors (Lipinski definition) is 7. The summed E-state index contributed by atoms with van der Waals surface area (Å²) in [5.74, 6) is -1.14. The van der Waals surface area contributed by atoms with Crippen LogP contribution in [0.25, 0.3) is 0 Å². The molecule has 0 aliphatic carbocycles. The number of carboxylic acids is 1. The number of ether oxygens (including phenoxy) is 2. The highest BCUT2D eigenvalue weighted by Gasteiger charge is 2.20. The Morgan fingerprint density at radius 1 is 1.03 bits per heavy atom. The Morgan fingerprint density at radius 3 is 2.37 bits per heavy atom. The molecule has 0 aliphatic heterocycles. The van der Waals surface area contributed by atoms with Crippen molar-refractivity contribution in [1.29, 1.82) is 0 Å². The number of carbonyl (C=O) groups excluding carboxylic acids is 2. The summed E-state index contributed by atoms with van der Waals surface area (Å²) in [6, 6.07) is 11.8. The predicted molar refractivity (Wildman–Crippen MR) is 112 cm³/mol. The van der Waals surface area contributed by atoms with E-state index in [-0.39, 0.29) is 23.7 Å². The van der Waals surface area contributed by atoms with Gasteiger partial charge in [0.2, 0.25) is 5.78 Å². The summed E-state index contributed by atoms with van der Waals surface area (Å²) in [7, 11) is 0. The normalized spacial score (nSPS) is 11.4. The zero-order chi connectivity index (χ0) is 21.9. The van der Waals surface area contributed by atoms with Crippen molar-refractivity contribution in [2.45, 2.75) is 12.5 Å². The van der Waals surface area contributed by atoms with Gasteiger partial charge in [-0.2, -0.15) is 11.8 Å². The summed E-state index contributed by atoms with van der Waals surface area (Å²) in [5.41, 5.74) is 0.0609. The third-order valence-corrected chi connectivity index (χ3v) is 4.64. The van der Waals surface area contributed by atoms with Gasteiger partial charge in [0.15, 0.2) is 13.2 Å². The van der Waals surface area contributed by atoms with Crippen LogP contribution >= 0.6 is 11.8 Å². The molecule has 0 aromatic heterocycles. The molecule has 2 aromatic rings. The molecule has 0 spiro atoms. The maximum atomic E-state index is 12.2. The predicted octanol–water partition coefficient (Wildman–Crippen LogP) is 2.36. The van der Waals surface area contributed by atoms with E-state index < -0.39 is 30.3 Å². The summed E-state index contributed by atoms with van der Waals surface area (Å²) in [6.45, 7) is -0.667. The summed E-state index contributed by atoms with van der Waals surface area (Å²) in [6.07, 6.45) is 2.14. The number of Topliss-reactive ketones (excluding diaryl/α,β-unsaturated/α-hetero) is 1. The van der Waals surface area contributed by atoms with Gasteiger partial charge in [-0.1, -0.05) is 18.2 Å². The Bertz CT molecular complexity index is 873. The van der Waals surface area contributed by atoms with E-state index in [1.165, 1.54) is 30.0 Å². The van der Waals surface area contributed by atoms with Crippen LogP contribution in [-0.2, 0) is 9.59 Å². The Hall–Kier alpha value is -3.20. The molecule has 160 valence electrons. The number of carboxylic acid groups (broad SMARTS) is 1. The van der Waals surface area contributed by atoms with Gasteiger partial charge in [-0.3, -0.25) is 9.59 Å². The largest absolute Gasteiger partial charge is 0.507 e. The maximum absolute atomic E-state index is 12.2. The molecule has 0 saturated heterocycles. The molecule has 8 nitrogen and oxygen atoms in total. The van der Waals surface area contributed by atoms with Crippen LogP contribution in [0.2, 0.25) is 0 Å². The zero-order valence-corrected chi connectivity index (χ0v) is 17.2. The van der Waals surface area contributed by atoms with Crippen molar-refractivity contribution in [3.63, 3.8) is 0 Å². The van der Waals surface area contributed by atoms with Crippen molar-refractivity contribution in [3.8, 4) is 17.2 Å². The molecule has 0 bridgehead atoms. The lowest BCUT2D eigenvalue weighted by Gasteiger charge is -2.14. The SMILES string of the molecule is CSCC[C@@H](NC(=O)COc1ccc(C(=O)COc2ccccc2)c(O)c1)C(=O)O. The highest BCUT2D eigenvalue weighted by atomic mass is 32.2. The molecule has 2 rings (SSSR count). The maximum Gasteiger partial charge on any atom is 0.326 e. The molecule has 1 atom stereocenters. The van der Waals surface area contributed by atoms with Gasteiger partial charge >= 0.3 is 5.97 Å². The van der Waals surface area contributed by atoms with E-state index in [4.69, 9.17) is 14.6 Å². The summed E-state index contributed by atoms with van der Waals surface area (Å²) < 4.78 is 10.7. The van der Waals surface area contributed by atoms with E-state index in [1.54, 1.807) is 24.3 Å². The van der Waals surface area contributed by atoms with Gasteiger partial charge in [0, 0.05) is 6.07 Å². The van der Waals surface area contributed by atoms with Crippen molar-refractivity contribution in [1.82, 2.24) is 5.32 Å². The molecule has 9 heteroatoms. The molecule has 0 unspecified atom stereocenters. The first-order valence-corrected chi connectivity index (χ1v) is 10.5. The van der Waals surface area contributed by atoms with Crippen LogP contribution in [0.5, 0.6) is 17.2 Å². The molecular weight excluding hydrogens is 410 g/mol. The number of benzene rings is 2. The molecule has 0 heterocycles. The number of amides is 1. The molecule has 3 N–H and O–H groups in total. The van der Waals surface area contributed by atoms with E-state index >= 15 is 0 Å². The molecule has 0 aliphatic rings. The number of carbonyl (C=O) groups is 3. The zero-order valence-electron chi connectivity index (χ0n) is 16.4. The molecular formula is C21H23NO7S. The third-order valence-electron chi connectivity index (χ3n) is 4.00. The number of aromatic hydroxyl groups is 1. The fourth-order valence-electron chi connectivity index (χ4n) is 2.46.